The van der Waals surface area contributed by atoms with Gasteiger partial charge in [-0.3, -0.25) is 4.98 Å². The number of ether oxygens (including phenoxy) is 1. The molecule has 0 spiro atoms. The van der Waals surface area contributed by atoms with Gasteiger partial charge in [-0.15, -0.1) is 6.42 Å². The Bertz CT molecular complexity index is 1470. The lowest BCUT2D eigenvalue weighted by Crippen LogP contribution is -2.37. The number of terminal acetylenes is 1. The van der Waals surface area contributed by atoms with E-state index in [9.17, 15) is 4.39 Å². The first-order valence-electron chi connectivity index (χ1n) is 11.0. The van der Waals surface area contributed by atoms with E-state index in [0.29, 0.717) is 33.5 Å². The van der Waals surface area contributed by atoms with Crippen LogP contribution in [0.15, 0.2) is 36.5 Å². The number of anilines is 1. The van der Waals surface area contributed by atoms with Crippen LogP contribution in [0.3, 0.4) is 0 Å². The van der Waals surface area contributed by atoms with Crippen molar-refractivity contribution in [3.63, 3.8) is 0 Å². The van der Waals surface area contributed by atoms with Crippen molar-refractivity contribution < 1.29 is 13.5 Å². The Kier molecular flexibility index (Phi) is 5.50. The van der Waals surface area contributed by atoms with Gasteiger partial charge in [0.2, 0.25) is 0 Å². The Morgan fingerprint density at radius 3 is 2.71 bits per heavy atom. The van der Waals surface area contributed by atoms with Crippen LogP contribution in [-0.4, -0.2) is 48.2 Å². The smallest absolute Gasteiger partial charge is 0.318 e. The van der Waals surface area contributed by atoms with Crippen molar-refractivity contribution in [3.05, 3.63) is 53.7 Å². The molecule has 2 aromatic heterocycles. The fraction of sp³-hybridized carbons (Fsp3) is 0.269. The maximum atomic E-state index is 16.0. The summed E-state index contributed by atoms with van der Waals surface area (Å²) in [5.74, 6) is 2.12. The maximum Gasteiger partial charge on any atom is 0.318 e. The molecule has 5 rings (SSSR count). The highest BCUT2D eigenvalue weighted by molar-refractivity contribution is 6.02. The van der Waals surface area contributed by atoms with E-state index in [2.05, 4.69) is 33.1 Å². The van der Waals surface area contributed by atoms with Crippen LogP contribution in [0.4, 0.5) is 14.6 Å². The molecule has 0 bridgehead atoms. The van der Waals surface area contributed by atoms with E-state index in [0.717, 1.165) is 13.1 Å². The summed E-state index contributed by atoms with van der Waals surface area (Å²) in [4.78, 5) is 15.3. The maximum absolute atomic E-state index is 16.0. The number of halogens is 2. The van der Waals surface area contributed by atoms with Crippen molar-refractivity contribution in [2.45, 2.75) is 13.0 Å². The van der Waals surface area contributed by atoms with E-state index >= 15 is 4.39 Å². The van der Waals surface area contributed by atoms with Gasteiger partial charge in [0.15, 0.2) is 5.82 Å². The van der Waals surface area contributed by atoms with Gasteiger partial charge in [-0.25, -0.2) is 8.78 Å². The van der Waals surface area contributed by atoms with Crippen molar-refractivity contribution in [2.75, 3.05) is 32.1 Å². The molecule has 1 N–H and O–H groups in total. The average molecular weight is 460 g/mol. The summed E-state index contributed by atoms with van der Waals surface area (Å²) in [7, 11) is 3.37. The minimum atomic E-state index is -0.648. The van der Waals surface area contributed by atoms with Crippen molar-refractivity contribution in [1.82, 2.24) is 20.3 Å². The molecule has 1 aliphatic heterocycles. The summed E-state index contributed by atoms with van der Waals surface area (Å²) in [6, 6.07) is 8.38. The average Bonchev–Trinajstić information content (AvgIpc) is 3.29. The number of hydrogen-bond donors (Lipinski definition) is 1. The Balaban J connectivity index is 1.76. The molecule has 4 aromatic rings. The number of rotatable bonds is 4. The predicted octanol–water partition coefficient (Wildman–Crippen LogP) is 4.16. The summed E-state index contributed by atoms with van der Waals surface area (Å²) in [6.07, 6.45) is 7.16. The number of aromatic nitrogens is 3. The minimum absolute atomic E-state index is 0.0328. The van der Waals surface area contributed by atoms with Gasteiger partial charge in [-0.05, 0) is 23.9 Å². The molecule has 8 heteroatoms. The minimum Gasteiger partial charge on any atom is -0.467 e. The van der Waals surface area contributed by atoms with Crippen molar-refractivity contribution in [2.24, 2.45) is 5.92 Å². The number of hydrogen-bond acceptors (Lipinski definition) is 6. The lowest BCUT2D eigenvalue weighted by atomic mass is 9.96. The first-order valence-corrected chi connectivity index (χ1v) is 11.0. The van der Waals surface area contributed by atoms with Crippen LogP contribution in [0.1, 0.15) is 12.5 Å². The molecule has 3 heterocycles. The normalized spacial score (nSPS) is 17.8. The molecule has 34 heavy (non-hydrogen) atoms. The Morgan fingerprint density at radius 1 is 1.18 bits per heavy atom. The number of pyridine rings is 1. The van der Waals surface area contributed by atoms with Crippen molar-refractivity contribution >= 4 is 27.5 Å². The number of likely N-dealkylation sites (N-methyl/N-ethyl adjacent to an activating group) is 1. The van der Waals surface area contributed by atoms with E-state index in [1.165, 1.54) is 13.2 Å². The van der Waals surface area contributed by atoms with Crippen LogP contribution in [-0.2, 0) is 0 Å². The van der Waals surface area contributed by atoms with Gasteiger partial charge in [0.25, 0.3) is 0 Å². The zero-order chi connectivity index (χ0) is 24.0. The second-order valence-corrected chi connectivity index (χ2v) is 8.50. The molecule has 2 atom stereocenters. The highest BCUT2D eigenvalue weighted by Crippen LogP contribution is 2.37. The van der Waals surface area contributed by atoms with Crippen molar-refractivity contribution in [1.29, 1.82) is 0 Å². The van der Waals surface area contributed by atoms with E-state index in [-0.39, 0.29) is 28.8 Å². The van der Waals surface area contributed by atoms with Crippen molar-refractivity contribution in [3.8, 4) is 29.6 Å². The summed E-state index contributed by atoms with van der Waals surface area (Å²) in [6.45, 7) is 3.83. The van der Waals surface area contributed by atoms with E-state index in [1.54, 1.807) is 30.5 Å². The number of nitrogens with one attached hydrogen (secondary N) is 1. The van der Waals surface area contributed by atoms with E-state index in [4.69, 9.17) is 11.2 Å². The van der Waals surface area contributed by atoms with Crippen LogP contribution in [0.5, 0.6) is 6.01 Å². The van der Waals surface area contributed by atoms with Crippen LogP contribution in [0.25, 0.3) is 32.9 Å². The van der Waals surface area contributed by atoms with Crippen LogP contribution in [0, 0.1) is 29.9 Å². The fourth-order valence-corrected chi connectivity index (χ4v) is 4.73. The second-order valence-electron chi connectivity index (χ2n) is 8.50. The molecule has 6 nitrogen and oxygen atoms in total. The molecule has 1 fully saturated rings. The second kappa shape index (κ2) is 8.50. The largest absolute Gasteiger partial charge is 0.467 e. The zero-order valence-electron chi connectivity index (χ0n) is 19.1. The first kappa shape index (κ1) is 22.0. The zero-order valence-corrected chi connectivity index (χ0v) is 19.1. The Labute approximate surface area is 196 Å². The molecule has 172 valence electrons. The topological polar surface area (TPSA) is 63.2 Å². The van der Waals surface area contributed by atoms with Gasteiger partial charge in [0.05, 0.1) is 18.1 Å². The third-order valence-electron chi connectivity index (χ3n) is 6.53. The molecule has 0 amide bonds. The van der Waals surface area contributed by atoms with E-state index < -0.39 is 11.6 Å². The number of methoxy groups -OCH3 is 1. The third-order valence-corrected chi connectivity index (χ3v) is 6.53. The standard InChI is InChI=1S/C26H23F2N5O/c1-5-16-19(27)10-9-15-7-6-8-17(21(15)16)23-22(28)24-18(12-30-23)25(32-26(31-24)34-4)33(3)20-13-29-11-14(20)2/h1,6-10,12,14,20,29H,11,13H2,2-4H3/t14-,20?/m0/s1. The Hall–Kier alpha value is -3.83. The molecule has 2 aromatic carbocycles. The number of benzene rings is 2. The van der Waals surface area contributed by atoms with Crippen LogP contribution in [0.2, 0.25) is 0 Å². The highest BCUT2D eigenvalue weighted by Gasteiger charge is 2.30. The third kappa shape index (κ3) is 3.40. The van der Waals surface area contributed by atoms with Gasteiger partial charge in [0.1, 0.15) is 22.8 Å². The molecule has 1 saturated heterocycles. The Morgan fingerprint density at radius 2 is 2.00 bits per heavy atom. The number of nitrogens with zero attached hydrogens (tertiary/aromatic N) is 4. The van der Waals surface area contributed by atoms with Crippen LogP contribution >= 0.6 is 0 Å². The van der Waals surface area contributed by atoms with Gasteiger partial charge in [-0.2, -0.15) is 9.97 Å². The molecule has 0 radical (unpaired) electrons. The molecule has 0 saturated carbocycles. The lowest BCUT2D eigenvalue weighted by molar-refractivity contribution is 0.380. The molecular formula is C26H23F2N5O. The molecule has 1 unspecified atom stereocenters. The SMILES string of the molecule is C#Cc1c(F)ccc2cccc(-c3ncc4c(N(C)C5CNC[C@@H]5C)nc(OC)nc4c3F)c12. The number of fused-ring (bicyclic) bond motifs is 2. The summed E-state index contributed by atoms with van der Waals surface area (Å²) in [5.41, 5.74) is 0.571. The molecular weight excluding hydrogens is 436 g/mol. The summed E-state index contributed by atoms with van der Waals surface area (Å²) < 4.78 is 35.8. The quantitative estimate of drug-likeness (QED) is 0.463. The van der Waals surface area contributed by atoms with Gasteiger partial charge in [-0.1, -0.05) is 37.1 Å². The van der Waals surface area contributed by atoms with Gasteiger partial charge in [0, 0.05) is 36.8 Å². The van der Waals surface area contributed by atoms with Gasteiger partial charge >= 0.3 is 6.01 Å². The fourth-order valence-electron chi connectivity index (χ4n) is 4.73. The predicted molar refractivity (Wildman–Crippen MR) is 129 cm³/mol. The monoisotopic (exact) mass is 459 g/mol. The highest BCUT2D eigenvalue weighted by atomic mass is 19.1. The van der Waals surface area contributed by atoms with Crippen LogP contribution < -0.4 is 15.0 Å². The molecule has 1 aliphatic rings. The molecule has 0 aliphatic carbocycles. The first-order chi connectivity index (χ1) is 16.4. The lowest BCUT2D eigenvalue weighted by Gasteiger charge is -2.29. The van der Waals surface area contributed by atoms with E-state index in [1.807, 2.05) is 11.9 Å². The summed E-state index contributed by atoms with van der Waals surface area (Å²) in [5, 5.41) is 4.96. The summed E-state index contributed by atoms with van der Waals surface area (Å²) >= 11 is 0. The van der Waals surface area contributed by atoms with Gasteiger partial charge < -0.3 is 15.0 Å².